The van der Waals surface area contributed by atoms with Crippen LogP contribution in [0.1, 0.15) is 38.4 Å². The van der Waals surface area contributed by atoms with Gasteiger partial charge in [-0.05, 0) is 57.5 Å². The second kappa shape index (κ2) is 9.06. The Morgan fingerprint density at radius 2 is 2.13 bits per heavy atom. The predicted molar refractivity (Wildman–Crippen MR) is 94.8 cm³/mol. The molecule has 23 heavy (non-hydrogen) atoms. The summed E-state index contributed by atoms with van der Waals surface area (Å²) >= 11 is 0. The number of aliphatic hydroxyl groups is 1. The second-order valence-corrected chi connectivity index (χ2v) is 6.56. The summed E-state index contributed by atoms with van der Waals surface area (Å²) in [7, 11) is 1.65. The quantitative estimate of drug-likeness (QED) is 0.759. The molecule has 0 aliphatic carbocycles. The number of benzene rings is 1. The standard InChI is InChI=1S/C19H30N2O2/c1-15(2)7-10-21-11-8-17(9-12-21)20-14-19(22)16-5-4-6-18(13-16)23-3/h4-7,13,17,19-20,22H,8-12,14H2,1-3H3. The van der Waals surface area contributed by atoms with Crippen LogP contribution in [-0.2, 0) is 0 Å². The Kier molecular flexibility index (Phi) is 7.09. The van der Waals surface area contributed by atoms with Crippen LogP contribution in [0.4, 0.5) is 0 Å². The molecule has 1 atom stereocenters. The van der Waals surface area contributed by atoms with E-state index in [0.29, 0.717) is 12.6 Å². The molecular formula is C19H30N2O2. The molecule has 1 aromatic carbocycles. The van der Waals surface area contributed by atoms with Crippen molar-refractivity contribution in [1.82, 2.24) is 10.2 Å². The van der Waals surface area contributed by atoms with Crippen molar-refractivity contribution in [3.8, 4) is 5.75 Å². The van der Waals surface area contributed by atoms with Gasteiger partial charge in [0.15, 0.2) is 0 Å². The van der Waals surface area contributed by atoms with Crippen molar-refractivity contribution in [2.75, 3.05) is 33.3 Å². The molecule has 1 aliphatic heterocycles. The molecule has 4 nitrogen and oxygen atoms in total. The Morgan fingerprint density at radius 1 is 1.39 bits per heavy atom. The maximum Gasteiger partial charge on any atom is 0.119 e. The molecule has 1 aliphatic rings. The van der Waals surface area contributed by atoms with Gasteiger partial charge in [0.2, 0.25) is 0 Å². The number of allylic oxidation sites excluding steroid dienone is 1. The van der Waals surface area contributed by atoms with E-state index in [-0.39, 0.29) is 0 Å². The molecule has 1 fully saturated rings. The van der Waals surface area contributed by atoms with Gasteiger partial charge < -0.3 is 15.2 Å². The van der Waals surface area contributed by atoms with Crippen LogP contribution in [0.25, 0.3) is 0 Å². The number of aliphatic hydroxyl groups excluding tert-OH is 1. The molecule has 2 N–H and O–H groups in total. The minimum absolute atomic E-state index is 0.492. The van der Waals surface area contributed by atoms with Gasteiger partial charge >= 0.3 is 0 Å². The summed E-state index contributed by atoms with van der Waals surface area (Å²) in [5.41, 5.74) is 2.28. The van der Waals surface area contributed by atoms with Crippen molar-refractivity contribution in [3.63, 3.8) is 0 Å². The predicted octanol–water partition coefficient (Wildman–Crippen LogP) is 2.75. The molecule has 1 saturated heterocycles. The van der Waals surface area contributed by atoms with Gasteiger partial charge in [-0.2, -0.15) is 0 Å². The van der Waals surface area contributed by atoms with E-state index in [2.05, 4.69) is 30.1 Å². The monoisotopic (exact) mass is 318 g/mol. The summed E-state index contributed by atoms with van der Waals surface area (Å²) in [6.07, 6.45) is 4.08. The van der Waals surface area contributed by atoms with Crippen LogP contribution < -0.4 is 10.1 Å². The van der Waals surface area contributed by atoms with Gasteiger partial charge in [-0.1, -0.05) is 23.8 Å². The molecule has 2 rings (SSSR count). The van der Waals surface area contributed by atoms with Crippen LogP contribution in [0.15, 0.2) is 35.9 Å². The van der Waals surface area contributed by atoms with E-state index in [1.807, 2.05) is 24.3 Å². The Labute approximate surface area is 140 Å². The lowest BCUT2D eigenvalue weighted by Gasteiger charge is -2.32. The summed E-state index contributed by atoms with van der Waals surface area (Å²) in [4.78, 5) is 2.49. The van der Waals surface area contributed by atoms with Crippen molar-refractivity contribution in [1.29, 1.82) is 0 Å². The van der Waals surface area contributed by atoms with Crippen molar-refractivity contribution >= 4 is 0 Å². The Balaban J connectivity index is 1.73. The van der Waals surface area contributed by atoms with E-state index in [1.165, 1.54) is 5.57 Å². The molecule has 0 saturated carbocycles. The van der Waals surface area contributed by atoms with E-state index in [1.54, 1.807) is 7.11 Å². The number of nitrogens with zero attached hydrogens (tertiary/aromatic N) is 1. The lowest BCUT2D eigenvalue weighted by molar-refractivity contribution is 0.154. The Morgan fingerprint density at radius 3 is 2.78 bits per heavy atom. The number of hydrogen-bond acceptors (Lipinski definition) is 4. The van der Waals surface area contributed by atoms with Gasteiger partial charge in [0.25, 0.3) is 0 Å². The highest BCUT2D eigenvalue weighted by molar-refractivity contribution is 5.29. The fourth-order valence-electron chi connectivity index (χ4n) is 2.88. The van der Waals surface area contributed by atoms with E-state index in [0.717, 1.165) is 43.8 Å². The van der Waals surface area contributed by atoms with Crippen molar-refractivity contribution in [3.05, 3.63) is 41.5 Å². The average Bonchev–Trinajstić information content (AvgIpc) is 2.58. The van der Waals surface area contributed by atoms with Crippen molar-refractivity contribution in [2.24, 2.45) is 0 Å². The summed E-state index contributed by atoms with van der Waals surface area (Å²) in [5, 5.41) is 13.8. The first-order chi connectivity index (χ1) is 11.1. The first-order valence-corrected chi connectivity index (χ1v) is 8.49. The first kappa shape index (κ1) is 18.0. The smallest absolute Gasteiger partial charge is 0.119 e. The fraction of sp³-hybridized carbons (Fsp3) is 0.579. The van der Waals surface area contributed by atoms with Crippen molar-refractivity contribution in [2.45, 2.75) is 38.8 Å². The number of hydrogen-bond donors (Lipinski definition) is 2. The number of ether oxygens (including phenoxy) is 1. The van der Waals surface area contributed by atoms with Gasteiger partial charge in [0.05, 0.1) is 13.2 Å². The van der Waals surface area contributed by atoms with E-state index < -0.39 is 6.10 Å². The summed E-state index contributed by atoms with van der Waals surface area (Å²) < 4.78 is 5.21. The Hall–Kier alpha value is -1.36. The summed E-state index contributed by atoms with van der Waals surface area (Å²) in [6.45, 7) is 8.18. The SMILES string of the molecule is COc1cccc(C(O)CNC2CCN(CC=C(C)C)CC2)c1. The maximum absolute atomic E-state index is 10.3. The van der Waals surface area contributed by atoms with E-state index in [9.17, 15) is 5.11 Å². The fourth-order valence-corrected chi connectivity index (χ4v) is 2.88. The number of nitrogens with one attached hydrogen (secondary N) is 1. The number of likely N-dealkylation sites (tertiary alicyclic amines) is 1. The molecule has 128 valence electrons. The molecule has 1 unspecified atom stereocenters. The highest BCUT2D eigenvalue weighted by atomic mass is 16.5. The summed E-state index contributed by atoms with van der Waals surface area (Å²) in [6, 6.07) is 8.15. The third kappa shape index (κ3) is 5.98. The highest BCUT2D eigenvalue weighted by Crippen LogP contribution is 2.19. The number of rotatable bonds is 7. The third-order valence-corrected chi connectivity index (χ3v) is 4.42. The van der Waals surface area contributed by atoms with Gasteiger partial charge in [-0.25, -0.2) is 0 Å². The van der Waals surface area contributed by atoms with Gasteiger partial charge in [-0.15, -0.1) is 0 Å². The topological polar surface area (TPSA) is 44.7 Å². The molecule has 0 radical (unpaired) electrons. The molecule has 0 bridgehead atoms. The zero-order valence-electron chi connectivity index (χ0n) is 14.6. The van der Waals surface area contributed by atoms with E-state index >= 15 is 0 Å². The lowest BCUT2D eigenvalue weighted by Crippen LogP contribution is -2.43. The van der Waals surface area contributed by atoms with Gasteiger partial charge in [-0.3, -0.25) is 4.90 Å². The Bertz CT molecular complexity index is 504. The highest BCUT2D eigenvalue weighted by Gasteiger charge is 2.19. The van der Waals surface area contributed by atoms with Crippen LogP contribution in [0.3, 0.4) is 0 Å². The maximum atomic E-state index is 10.3. The largest absolute Gasteiger partial charge is 0.497 e. The minimum atomic E-state index is -0.492. The number of methoxy groups -OCH3 is 1. The molecule has 0 aromatic heterocycles. The molecule has 0 spiro atoms. The lowest BCUT2D eigenvalue weighted by atomic mass is 10.0. The van der Waals surface area contributed by atoms with Crippen LogP contribution in [0.5, 0.6) is 5.75 Å². The molecular weight excluding hydrogens is 288 g/mol. The van der Waals surface area contributed by atoms with Crippen LogP contribution in [0, 0.1) is 0 Å². The normalized spacial score (nSPS) is 17.7. The zero-order chi connectivity index (χ0) is 16.7. The van der Waals surface area contributed by atoms with Gasteiger partial charge in [0.1, 0.15) is 5.75 Å². The molecule has 0 amide bonds. The third-order valence-electron chi connectivity index (χ3n) is 4.42. The zero-order valence-corrected chi connectivity index (χ0v) is 14.6. The second-order valence-electron chi connectivity index (χ2n) is 6.56. The van der Waals surface area contributed by atoms with Gasteiger partial charge in [0, 0.05) is 19.1 Å². The first-order valence-electron chi connectivity index (χ1n) is 8.49. The van der Waals surface area contributed by atoms with E-state index in [4.69, 9.17) is 4.74 Å². The minimum Gasteiger partial charge on any atom is -0.497 e. The van der Waals surface area contributed by atoms with Crippen LogP contribution >= 0.6 is 0 Å². The average molecular weight is 318 g/mol. The van der Waals surface area contributed by atoms with Crippen LogP contribution in [-0.4, -0.2) is 49.3 Å². The molecule has 4 heteroatoms. The number of piperidine rings is 1. The van der Waals surface area contributed by atoms with Crippen LogP contribution in [0.2, 0.25) is 0 Å². The molecule has 1 aromatic rings. The summed E-state index contributed by atoms with van der Waals surface area (Å²) in [5.74, 6) is 0.786. The van der Waals surface area contributed by atoms with Crippen molar-refractivity contribution < 1.29 is 9.84 Å². The molecule has 1 heterocycles.